The van der Waals surface area contributed by atoms with Crippen molar-refractivity contribution in [1.29, 1.82) is 0 Å². The van der Waals surface area contributed by atoms with Crippen molar-refractivity contribution in [1.82, 2.24) is 4.90 Å². The molecule has 0 aromatic heterocycles. The minimum Gasteiger partial charge on any atom is -0.512 e. The summed E-state index contributed by atoms with van der Waals surface area (Å²) < 4.78 is 12.9. The van der Waals surface area contributed by atoms with Gasteiger partial charge in [-0.1, -0.05) is 0 Å². The van der Waals surface area contributed by atoms with E-state index in [0.29, 0.717) is 24.0 Å². The number of carbonyl (C=O) groups is 2. The highest BCUT2D eigenvalue weighted by Gasteiger charge is 2.57. The molecule has 10 heteroatoms. The van der Waals surface area contributed by atoms with Crippen molar-refractivity contribution in [2.75, 3.05) is 39.3 Å². The number of nitrogens with zero attached hydrogens (tertiary/aromatic N) is 2. The molecule has 0 radical (unpaired) electrons. The Hall–Kier alpha value is -3.11. The summed E-state index contributed by atoms with van der Waals surface area (Å²) in [6, 6.07) is 1.81. The third-order valence-corrected chi connectivity index (χ3v) is 7.91. The molecule has 1 amide bonds. The lowest BCUT2D eigenvalue weighted by atomic mass is 9.57. The SMILES string of the molecule is CN(CCF)Cc1cc(N(C)C)c2c(c1O)C(O)=C1C(=O)C3C(CC(O)=C(C(N)=O)C3(C)O)CC1C2. The minimum atomic E-state index is -2.01. The van der Waals surface area contributed by atoms with Gasteiger partial charge < -0.3 is 31.1 Å². The van der Waals surface area contributed by atoms with Crippen molar-refractivity contribution in [2.45, 2.75) is 38.3 Å². The van der Waals surface area contributed by atoms with Crippen molar-refractivity contribution in [2.24, 2.45) is 23.5 Å². The Morgan fingerprint density at radius 3 is 2.47 bits per heavy atom. The summed E-state index contributed by atoms with van der Waals surface area (Å²) in [6.45, 7) is 1.14. The molecule has 4 rings (SSSR count). The summed E-state index contributed by atoms with van der Waals surface area (Å²) in [4.78, 5) is 29.4. The number of rotatable bonds is 6. The van der Waals surface area contributed by atoms with E-state index < -0.39 is 41.7 Å². The van der Waals surface area contributed by atoms with Gasteiger partial charge in [-0.2, -0.15) is 0 Å². The quantitative estimate of drug-likeness (QED) is 0.396. The van der Waals surface area contributed by atoms with Crippen LogP contribution in [-0.4, -0.2) is 77.0 Å². The number of aliphatic hydroxyl groups excluding tert-OH is 2. The maximum Gasteiger partial charge on any atom is 0.250 e. The van der Waals surface area contributed by atoms with Crippen LogP contribution in [0.15, 0.2) is 23.0 Å². The van der Waals surface area contributed by atoms with Crippen LogP contribution in [-0.2, 0) is 22.6 Å². The maximum atomic E-state index is 13.8. The first kappa shape index (κ1) is 26.0. The highest BCUT2D eigenvalue weighted by atomic mass is 19.1. The molecule has 1 aromatic carbocycles. The molecule has 36 heavy (non-hydrogen) atoms. The van der Waals surface area contributed by atoms with Gasteiger partial charge in [-0.15, -0.1) is 0 Å². The second-order valence-corrected chi connectivity index (χ2v) is 10.6. The smallest absolute Gasteiger partial charge is 0.250 e. The topological polar surface area (TPSA) is 148 Å². The van der Waals surface area contributed by atoms with Crippen LogP contribution >= 0.6 is 0 Å². The molecule has 3 aliphatic rings. The number of anilines is 1. The number of benzene rings is 1. The number of phenolic OH excluding ortho intramolecular Hbond substituents is 1. The molecular weight excluding hydrogens is 469 g/mol. The highest BCUT2D eigenvalue weighted by molar-refractivity contribution is 6.08. The van der Waals surface area contributed by atoms with Gasteiger partial charge in [-0.3, -0.25) is 14.5 Å². The summed E-state index contributed by atoms with van der Waals surface area (Å²) in [7, 11) is 5.40. The van der Waals surface area contributed by atoms with Gasteiger partial charge in [0, 0.05) is 50.4 Å². The van der Waals surface area contributed by atoms with E-state index in [2.05, 4.69) is 0 Å². The van der Waals surface area contributed by atoms with Gasteiger partial charge >= 0.3 is 0 Å². The van der Waals surface area contributed by atoms with E-state index in [1.807, 2.05) is 25.1 Å². The Balaban J connectivity index is 1.87. The highest BCUT2D eigenvalue weighted by Crippen LogP contribution is 2.54. The van der Waals surface area contributed by atoms with Crippen LogP contribution in [0.3, 0.4) is 0 Å². The molecule has 6 N–H and O–H groups in total. The number of carbonyl (C=O) groups excluding carboxylic acids is 2. The largest absolute Gasteiger partial charge is 0.512 e. The van der Waals surface area contributed by atoms with Crippen LogP contribution in [0.1, 0.15) is 36.5 Å². The van der Waals surface area contributed by atoms with Gasteiger partial charge in [0.15, 0.2) is 5.78 Å². The van der Waals surface area contributed by atoms with E-state index in [4.69, 9.17) is 5.73 Å². The van der Waals surface area contributed by atoms with E-state index in [9.17, 15) is 34.4 Å². The molecule has 3 aliphatic carbocycles. The van der Waals surface area contributed by atoms with Crippen LogP contribution < -0.4 is 10.6 Å². The van der Waals surface area contributed by atoms with Crippen molar-refractivity contribution in [3.8, 4) is 5.75 Å². The summed E-state index contributed by atoms with van der Waals surface area (Å²) in [5.74, 6) is -4.31. The molecule has 9 nitrogen and oxygen atoms in total. The van der Waals surface area contributed by atoms with Crippen LogP contribution in [0.4, 0.5) is 10.1 Å². The minimum absolute atomic E-state index is 0.0217. The lowest BCUT2D eigenvalue weighted by Gasteiger charge is -2.48. The zero-order valence-corrected chi connectivity index (χ0v) is 21.0. The fraction of sp³-hybridized carbons (Fsp3) is 0.538. The number of aliphatic hydroxyl groups is 3. The molecule has 1 saturated carbocycles. The van der Waals surface area contributed by atoms with Crippen LogP contribution in [0.5, 0.6) is 5.75 Å². The Morgan fingerprint density at radius 2 is 1.89 bits per heavy atom. The Kier molecular flexibility index (Phi) is 6.55. The van der Waals surface area contributed by atoms with Gasteiger partial charge in [0.05, 0.1) is 17.1 Å². The molecule has 0 saturated heterocycles. The number of alkyl halides is 1. The molecular formula is C26H34FN3O6. The number of primary amides is 1. The number of Topliss-reactive ketones (excluding diaryl/α,β-unsaturated/α-hetero) is 1. The van der Waals surface area contributed by atoms with Crippen LogP contribution in [0.25, 0.3) is 5.76 Å². The number of nitrogens with two attached hydrogens (primary N) is 1. The molecule has 0 aliphatic heterocycles. The molecule has 0 heterocycles. The van der Waals surface area contributed by atoms with Gasteiger partial charge in [-0.05, 0) is 50.3 Å². The molecule has 4 unspecified atom stereocenters. The van der Waals surface area contributed by atoms with E-state index in [-0.39, 0.29) is 53.5 Å². The molecule has 0 spiro atoms. The summed E-state index contributed by atoms with van der Waals surface area (Å²) >= 11 is 0. The number of halogens is 1. The van der Waals surface area contributed by atoms with Gasteiger partial charge in [0.1, 0.15) is 29.5 Å². The number of amides is 1. The number of phenols is 1. The zero-order chi connectivity index (χ0) is 26.7. The maximum absolute atomic E-state index is 13.8. The van der Waals surface area contributed by atoms with E-state index in [0.717, 1.165) is 5.69 Å². The number of hydrogen-bond donors (Lipinski definition) is 5. The number of hydrogen-bond acceptors (Lipinski definition) is 8. The molecule has 4 atom stereocenters. The first-order valence-corrected chi connectivity index (χ1v) is 12.0. The second kappa shape index (κ2) is 9.08. The summed E-state index contributed by atoms with van der Waals surface area (Å²) in [5.41, 5.74) is 5.20. The molecule has 196 valence electrons. The third-order valence-electron chi connectivity index (χ3n) is 7.91. The molecule has 1 fully saturated rings. The number of ketones is 1. The average Bonchev–Trinajstić information content (AvgIpc) is 2.73. The monoisotopic (exact) mass is 503 g/mol. The number of aromatic hydroxyl groups is 1. The predicted octanol–water partition coefficient (Wildman–Crippen LogP) is 1.96. The Morgan fingerprint density at radius 1 is 1.22 bits per heavy atom. The lowest BCUT2D eigenvalue weighted by molar-refractivity contribution is -0.136. The molecule has 0 bridgehead atoms. The Bertz CT molecular complexity index is 1190. The van der Waals surface area contributed by atoms with E-state index in [1.165, 1.54) is 6.92 Å². The Labute approximate surface area is 209 Å². The molecule has 1 aromatic rings. The van der Waals surface area contributed by atoms with Crippen molar-refractivity contribution in [3.05, 3.63) is 39.7 Å². The van der Waals surface area contributed by atoms with Crippen molar-refractivity contribution in [3.63, 3.8) is 0 Å². The normalized spacial score (nSPS) is 27.6. The van der Waals surface area contributed by atoms with E-state index >= 15 is 0 Å². The first-order chi connectivity index (χ1) is 16.8. The first-order valence-electron chi connectivity index (χ1n) is 12.0. The number of fused-ring (bicyclic) bond motifs is 3. The second-order valence-electron chi connectivity index (χ2n) is 10.6. The third kappa shape index (κ3) is 3.92. The average molecular weight is 504 g/mol. The van der Waals surface area contributed by atoms with Gasteiger partial charge in [0.2, 0.25) is 0 Å². The fourth-order valence-corrected chi connectivity index (χ4v) is 6.43. The summed E-state index contributed by atoms with van der Waals surface area (Å²) in [5, 5.41) is 44.4. The fourth-order valence-electron chi connectivity index (χ4n) is 6.43. The van der Waals surface area contributed by atoms with Gasteiger partial charge in [-0.25, -0.2) is 4.39 Å². The van der Waals surface area contributed by atoms with Gasteiger partial charge in [0.25, 0.3) is 5.91 Å². The van der Waals surface area contributed by atoms with Crippen molar-refractivity contribution >= 4 is 23.1 Å². The number of allylic oxidation sites excluding steroid dienone is 2. The summed E-state index contributed by atoms with van der Waals surface area (Å²) in [6.07, 6.45) is 0.768. The van der Waals surface area contributed by atoms with Crippen LogP contribution in [0, 0.1) is 17.8 Å². The predicted molar refractivity (Wildman–Crippen MR) is 132 cm³/mol. The lowest BCUT2D eigenvalue weighted by Crippen LogP contribution is -2.55. The standard InChI is InChI=1S/C26H34FN3O6/c1-26(36)20-13(10-17(31)21(26)25(28)35)7-12-8-15-16(29(2)3)9-14(11-30(4)6-5-27)22(32)19(15)23(33)18(12)24(20)34/h9,12-13,20,31-33,36H,5-8,10-11H2,1-4H3,(H2,28,35). The van der Waals surface area contributed by atoms with E-state index in [1.54, 1.807) is 11.9 Å². The zero-order valence-electron chi connectivity index (χ0n) is 21.0. The van der Waals surface area contributed by atoms with Crippen molar-refractivity contribution < 1.29 is 34.4 Å². The van der Waals surface area contributed by atoms with Crippen LogP contribution in [0.2, 0.25) is 0 Å².